The van der Waals surface area contributed by atoms with E-state index >= 15 is 0 Å². The largest absolute Gasteiger partial charge is 0.462 e. The Kier molecular flexibility index (Phi) is 3.68. The second kappa shape index (κ2) is 5.54. The summed E-state index contributed by atoms with van der Waals surface area (Å²) in [5.74, 6) is 1.23. The molecule has 0 bridgehead atoms. The maximum absolute atomic E-state index is 11.9. The van der Waals surface area contributed by atoms with E-state index in [4.69, 9.17) is 9.15 Å². The van der Waals surface area contributed by atoms with Gasteiger partial charge in [-0.1, -0.05) is 32.9 Å². The van der Waals surface area contributed by atoms with Crippen molar-refractivity contribution in [3.63, 3.8) is 0 Å². The van der Waals surface area contributed by atoms with Crippen molar-refractivity contribution in [1.82, 2.24) is 0 Å². The van der Waals surface area contributed by atoms with Crippen molar-refractivity contribution < 1.29 is 13.9 Å². The average molecular weight is 309 g/mol. The molecule has 4 nitrogen and oxygen atoms in total. The lowest BCUT2D eigenvalue weighted by molar-refractivity contribution is -0.129. The molecule has 0 saturated carbocycles. The molecule has 23 heavy (non-hydrogen) atoms. The first-order valence-corrected chi connectivity index (χ1v) is 7.53. The first-order valence-electron chi connectivity index (χ1n) is 7.53. The van der Waals surface area contributed by atoms with Gasteiger partial charge in [0.05, 0.1) is 0 Å². The van der Waals surface area contributed by atoms with Crippen LogP contribution in [0.2, 0.25) is 0 Å². The van der Waals surface area contributed by atoms with Crippen LogP contribution in [0.5, 0.6) is 0 Å². The summed E-state index contributed by atoms with van der Waals surface area (Å²) < 4.78 is 10.7. The zero-order chi connectivity index (χ0) is 16.6. The molecule has 4 heteroatoms. The van der Waals surface area contributed by atoms with E-state index in [1.165, 1.54) is 5.56 Å². The summed E-state index contributed by atoms with van der Waals surface area (Å²) in [6.45, 7) is 8.31. The third-order valence-corrected chi connectivity index (χ3v) is 3.66. The Balaban J connectivity index is 1.88. The number of cyclic esters (lactones) is 1. The van der Waals surface area contributed by atoms with E-state index in [0.29, 0.717) is 11.7 Å². The molecule has 0 aliphatic carbocycles. The second-order valence-electron chi connectivity index (χ2n) is 6.61. The van der Waals surface area contributed by atoms with Gasteiger partial charge in [-0.2, -0.15) is 0 Å². The summed E-state index contributed by atoms with van der Waals surface area (Å²) >= 11 is 0. The Morgan fingerprint density at radius 1 is 1.04 bits per heavy atom. The number of rotatable bonds is 2. The number of aryl methyl sites for hydroxylation is 1. The third kappa shape index (κ3) is 3.26. The monoisotopic (exact) mass is 309 g/mol. The topological polar surface area (TPSA) is 51.8 Å². The zero-order valence-electron chi connectivity index (χ0n) is 13.7. The van der Waals surface area contributed by atoms with Gasteiger partial charge in [0.2, 0.25) is 5.90 Å². The Hall–Kier alpha value is -2.62. The van der Waals surface area contributed by atoms with Crippen LogP contribution in [0.1, 0.15) is 43.4 Å². The van der Waals surface area contributed by atoms with Gasteiger partial charge in [-0.3, -0.25) is 0 Å². The zero-order valence-corrected chi connectivity index (χ0v) is 13.7. The molecule has 0 atom stereocenters. The van der Waals surface area contributed by atoms with Crippen LogP contribution in [0.4, 0.5) is 0 Å². The van der Waals surface area contributed by atoms with Crippen LogP contribution >= 0.6 is 0 Å². The van der Waals surface area contributed by atoms with Crippen LogP contribution in [0.3, 0.4) is 0 Å². The summed E-state index contributed by atoms with van der Waals surface area (Å²) in [5, 5.41) is 0. The molecule has 1 aliphatic rings. The van der Waals surface area contributed by atoms with Gasteiger partial charge in [-0.15, -0.1) is 0 Å². The van der Waals surface area contributed by atoms with Crippen molar-refractivity contribution in [3.05, 3.63) is 64.7 Å². The van der Waals surface area contributed by atoms with E-state index in [9.17, 15) is 4.79 Å². The van der Waals surface area contributed by atoms with Gasteiger partial charge < -0.3 is 9.15 Å². The molecule has 1 aliphatic heterocycles. The number of hydrogen-bond donors (Lipinski definition) is 0. The fraction of sp³-hybridized carbons (Fsp3) is 0.263. The molecule has 0 fully saturated rings. The number of furan rings is 1. The highest BCUT2D eigenvalue weighted by molar-refractivity contribution is 6.12. The van der Waals surface area contributed by atoms with E-state index in [2.05, 4.69) is 25.8 Å². The normalized spacial score (nSPS) is 16.6. The van der Waals surface area contributed by atoms with E-state index < -0.39 is 5.97 Å². The summed E-state index contributed by atoms with van der Waals surface area (Å²) in [6.07, 6.45) is 1.59. The SMILES string of the molecule is Cc1ccc(C=C2N=C(c3ccc(C(C)(C)C)cc3)OC2=O)o1. The molecule has 0 N–H and O–H groups in total. The van der Waals surface area contributed by atoms with E-state index in [1.54, 1.807) is 12.1 Å². The smallest absolute Gasteiger partial charge is 0.363 e. The van der Waals surface area contributed by atoms with E-state index in [1.807, 2.05) is 37.3 Å². The highest BCUT2D eigenvalue weighted by atomic mass is 16.6. The van der Waals surface area contributed by atoms with Crippen LogP contribution in [-0.4, -0.2) is 11.9 Å². The number of esters is 1. The second-order valence-corrected chi connectivity index (χ2v) is 6.61. The quantitative estimate of drug-likeness (QED) is 0.616. The predicted molar refractivity (Wildman–Crippen MR) is 89.2 cm³/mol. The van der Waals surface area contributed by atoms with Crippen molar-refractivity contribution in [3.8, 4) is 0 Å². The first kappa shape index (κ1) is 15.3. The Morgan fingerprint density at radius 2 is 1.74 bits per heavy atom. The van der Waals surface area contributed by atoms with Crippen LogP contribution in [0.15, 0.2) is 51.5 Å². The van der Waals surface area contributed by atoms with Crippen LogP contribution in [0.25, 0.3) is 6.08 Å². The van der Waals surface area contributed by atoms with Gasteiger partial charge in [0.15, 0.2) is 5.70 Å². The maximum Gasteiger partial charge on any atom is 0.363 e. The fourth-order valence-corrected chi connectivity index (χ4v) is 2.31. The lowest BCUT2D eigenvalue weighted by atomic mass is 9.87. The van der Waals surface area contributed by atoms with Crippen molar-refractivity contribution in [2.24, 2.45) is 4.99 Å². The molecule has 2 aromatic rings. The molecule has 118 valence electrons. The minimum absolute atomic E-state index is 0.0783. The van der Waals surface area contributed by atoms with Crippen molar-refractivity contribution in [2.75, 3.05) is 0 Å². The average Bonchev–Trinajstić information content (AvgIpc) is 3.05. The lowest BCUT2D eigenvalue weighted by Gasteiger charge is -2.18. The number of benzene rings is 1. The van der Waals surface area contributed by atoms with Gasteiger partial charge in [0.1, 0.15) is 11.5 Å². The standard InChI is InChI=1S/C19H19NO3/c1-12-5-10-15(22-12)11-16-18(21)23-17(20-16)13-6-8-14(9-7-13)19(2,3)4/h5-11H,1-4H3. The predicted octanol–water partition coefficient (Wildman–Crippen LogP) is 4.23. The van der Waals surface area contributed by atoms with Crippen LogP contribution < -0.4 is 0 Å². The summed E-state index contributed by atoms with van der Waals surface area (Å²) in [6, 6.07) is 11.5. The fourth-order valence-electron chi connectivity index (χ4n) is 2.31. The molecule has 1 aromatic carbocycles. The number of aliphatic imine (C=N–C) groups is 1. The summed E-state index contributed by atoms with van der Waals surface area (Å²) in [5.41, 5.74) is 2.32. The van der Waals surface area contributed by atoms with Gasteiger partial charge in [-0.25, -0.2) is 9.79 Å². The maximum atomic E-state index is 11.9. The third-order valence-electron chi connectivity index (χ3n) is 3.66. The first-order chi connectivity index (χ1) is 10.8. The Bertz CT molecular complexity index is 802. The number of carbonyl (C=O) groups excluding carboxylic acids is 1. The number of carbonyl (C=O) groups is 1. The summed E-state index contributed by atoms with van der Waals surface area (Å²) in [7, 11) is 0. The molecule has 0 saturated heterocycles. The summed E-state index contributed by atoms with van der Waals surface area (Å²) in [4.78, 5) is 16.2. The molecule has 0 spiro atoms. The molecule has 2 heterocycles. The lowest BCUT2D eigenvalue weighted by Crippen LogP contribution is -2.11. The Morgan fingerprint density at radius 3 is 2.30 bits per heavy atom. The molecule has 0 radical (unpaired) electrons. The Labute approximate surface area is 135 Å². The molecule has 1 aromatic heterocycles. The van der Waals surface area contributed by atoms with Crippen LogP contribution in [0, 0.1) is 6.92 Å². The van der Waals surface area contributed by atoms with Crippen molar-refractivity contribution in [1.29, 1.82) is 0 Å². The number of ether oxygens (including phenoxy) is 1. The molecule has 0 unspecified atom stereocenters. The van der Waals surface area contributed by atoms with E-state index in [-0.39, 0.29) is 11.1 Å². The van der Waals surface area contributed by atoms with Crippen LogP contribution in [-0.2, 0) is 14.9 Å². The molecular formula is C19H19NO3. The van der Waals surface area contributed by atoms with Gasteiger partial charge in [-0.05, 0) is 42.2 Å². The van der Waals surface area contributed by atoms with Crippen molar-refractivity contribution in [2.45, 2.75) is 33.1 Å². The van der Waals surface area contributed by atoms with Gasteiger partial charge >= 0.3 is 5.97 Å². The van der Waals surface area contributed by atoms with E-state index in [0.717, 1.165) is 11.3 Å². The molecule has 0 amide bonds. The molecule has 3 rings (SSSR count). The molecular weight excluding hydrogens is 290 g/mol. The number of hydrogen-bond acceptors (Lipinski definition) is 4. The van der Waals surface area contributed by atoms with Gasteiger partial charge in [0.25, 0.3) is 0 Å². The van der Waals surface area contributed by atoms with Gasteiger partial charge in [0, 0.05) is 11.6 Å². The highest BCUT2D eigenvalue weighted by Crippen LogP contribution is 2.24. The number of nitrogens with zero attached hydrogens (tertiary/aromatic N) is 1. The minimum Gasteiger partial charge on any atom is -0.462 e. The van der Waals surface area contributed by atoms with Crippen molar-refractivity contribution >= 4 is 17.9 Å². The highest BCUT2D eigenvalue weighted by Gasteiger charge is 2.25. The minimum atomic E-state index is -0.464.